The van der Waals surface area contributed by atoms with Gasteiger partial charge in [0.05, 0.1) is 23.5 Å². The molecule has 0 saturated carbocycles. The number of nitrogens with one attached hydrogen (secondary N) is 1. The van der Waals surface area contributed by atoms with Crippen LogP contribution in [0.5, 0.6) is 11.5 Å². The monoisotopic (exact) mass is 366 g/mol. The molecule has 2 aromatic rings. The number of carbonyl (C=O) groups is 1. The van der Waals surface area contributed by atoms with E-state index in [2.05, 4.69) is 31.6 Å². The smallest absolute Gasteiger partial charge is 0.290 e. The molecule has 0 bridgehead atoms. The zero-order chi connectivity index (χ0) is 16.1. The molecule has 1 aromatic heterocycles. The number of aryl methyl sites for hydroxylation is 1. The molecule has 0 aliphatic rings. The van der Waals surface area contributed by atoms with Crippen LogP contribution in [0.1, 0.15) is 23.0 Å². The molecule has 1 amide bonds. The van der Waals surface area contributed by atoms with E-state index >= 15 is 0 Å². The lowest BCUT2D eigenvalue weighted by Crippen LogP contribution is -2.21. The van der Waals surface area contributed by atoms with Gasteiger partial charge in [0, 0.05) is 12.6 Å². The molecule has 0 atom stereocenters. The van der Waals surface area contributed by atoms with Crippen molar-refractivity contribution in [3.8, 4) is 11.5 Å². The second-order valence-electron chi connectivity index (χ2n) is 4.29. The van der Waals surface area contributed by atoms with Crippen LogP contribution in [0.3, 0.4) is 0 Å². The molecule has 2 N–H and O–H groups in total. The van der Waals surface area contributed by atoms with Gasteiger partial charge in [-0.3, -0.25) is 9.48 Å². The normalized spacial score (nSPS) is 10.9. The molecule has 0 aliphatic carbocycles. The van der Waals surface area contributed by atoms with E-state index in [1.807, 2.05) is 6.92 Å². The topological polar surface area (TPSA) is 88.7 Å². The lowest BCUT2D eigenvalue weighted by molar-refractivity contribution is 0.0945. The number of rotatable bonds is 5. The second-order valence-corrected chi connectivity index (χ2v) is 5.15. The first-order valence-electron chi connectivity index (χ1n) is 6.50. The number of benzene rings is 1. The first-order valence-corrected chi connectivity index (χ1v) is 7.29. The summed E-state index contributed by atoms with van der Waals surface area (Å²) in [5.74, 6) is -0.0696. The maximum absolute atomic E-state index is 12.0. The summed E-state index contributed by atoms with van der Waals surface area (Å²) in [6.07, 6.45) is 2.87. The van der Waals surface area contributed by atoms with Gasteiger partial charge >= 0.3 is 0 Å². The third-order valence-corrected chi connectivity index (χ3v) is 3.39. The largest absolute Gasteiger partial charge is 0.504 e. The molecule has 0 spiro atoms. The minimum atomic E-state index is -0.413. The number of hydrogen-bond acceptors (Lipinski definition) is 5. The average molecular weight is 367 g/mol. The Morgan fingerprint density at radius 2 is 2.36 bits per heavy atom. The fourth-order valence-corrected chi connectivity index (χ4v) is 2.32. The van der Waals surface area contributed by atoms with Gasteiger partial charge in [0.15, 0.2) is 11.5 Å². The number of phenolic OH excluding ortho intramolecular Hbond substituents is 1. The van der Waals surface area contributed by atoms with Crippen molar-refractivity contribution in [2.75, 3.05) is 6.61 Å². The molecule has 1 aromatic carbocycles. The molecule has 0 unspecified atom stereocenters. The number of amides is 1. The Morgan fingerprint density at radius 1 is 1.59 bits per heavy atom. The van der Waals surface area contributed by atoms with Crippen LogP contribution in [0.4, 0.5) is 0 Å². The van der Waals surface area contributed by atoms with Crippen molar-refractivity contribution >= 4 is 28.1 Å². The Morgan fingerprint density at radius 3 is 3.00 bits per heavy atom. The van der Waals surface area contributed by atoms with E-state index in [-0.39, 0.29) is 5.75 Å². The summed E-state index contributed by atoms with van der Waals surface area (Å²) in [7, 11) is 1.65. The van der Waals surface area contributed by atoms with Crippen molar-refractivity contribution in [2.24, 2.45) is 12.1 Å². The molecule has 0 fully saturated rings. The molecule has 0 saturated heterocycles. The van der Waals surface area contributed by atoms with Gasteiger partial charge in [-0.2, -0.15) is 10.2 Å². The van der Waals surface area contributed by atoms with Crippen molar-refractivity contribution in [2.45, 2.75) is 6.92 Å². The number of aromatic hydroxyl groups is 1. The SMILES string of the molecule is CCOc1cccc(C=NNC(=O)c2c(Br)cnn2C)c1O. The third kappa shape index (κ3) is 3.45. The molecule has 0 aliphatic heterocycles. The molecule has 8 heteroatoms. The van der Waals surface area contributed by atoms with Gasteiger partial charge in [-0.05, 0) is 35.0 Å². The maximum Gasteiger partial charge on any atom is 0.290 e. The maximum atomic E-state index is 12.0. The van der Waals surface area contributed by atoms with Crippen LogP contribution in [0.2, 0.25) is 0 Å². The fourth-order valence-electron chi connectivity index (χ4n) is 1.80. The van der Waals surface area contributed by atoms with Crippen LogP contribution >= 0.6 is 15.9 Å². The summed E-state index contributed by atoms with van der Waals surface area (Å²) in [6, 6.07) is 5.04. The van der Waals surface area contributed by atoms with Crippen LogP contribution in [-0.4, -0.2) is 33.6 Å². The minimum Gasteiger partial charge on any atom is -0.504 e. The van der Waals surface area contributed by atoms with E-state index in [1.54, 1.807) is 25.2 Å². The number of nitrogens with zero attached hydrogens (tertiary/aromatic N) is 3. The Labute approximate surface area is 135 Å². The molecular weight excluding hydrogens is 352 g/mol. The van der Waals surface area contributed by atoms with Crippen molar-refractivity contribution in [1.82, 2.24) is 15.2 Å². The fraction of sp³-hybridized carbons (Fsp3) is 0.214. The number of hydrogen-bond donors (Lipinski definition) is 2. The minimum absolute atomic E-state index is 0.0240. The van der Waals surface area contributed by atoms with Crippen molar-refractivity contribution < 1.29 is 14.6 Å². The van der Waals surface area contributed by atoms with Gasteiger partial charge in [-0.1, -0.05) is 6.07 Å². The van der Waals surface area contributed by atoms with Gasteiger partial charge in [0.25, 0.3) is 5.91 Å². The van der Waals surface area contributed by atoms with Gasteiger partial charge < -0.3 is 9.84 Å². The Balaban J connectivity index is 2.10. The lowest BCUT2D eigenvalue weighted by atomic mass is 10.2. The van der Waals surface area contributed by atoms with E-state index in [9.17, 15) is 9.90 Å². The van der Waals surface area contributed by atoms with E-state index in [1.165, 1.54) is 17.1 Å². The molecular formula is C14H15BrN4O3. The van der Waals surface area contributed by atoms with E-state index in [0.717, 1.165) is 0 Å². The highest BCUT2D eigenvalue weighted by atomic mass is 79.9. The predicted molar refractivity (Wildman–Crippen MR) is 85.2 cm³/mol. The second kappa shape index (κ2) is 7.08. The molecule has 7 nitrogen and oxygen atoms in total. The highest BCUT2D eigenvalue weighted by Crippen LogP contribution is 2.28. The van der Waals surface area contributed by atoms with Gasteiger partial charge in [0.2, 0.25) is 0 Å². The third-order valence-electron chi connectivity index (χ3n) is 2.81. The van der Waals surface area contributed by atoms with Crippen LogP contribution < -0.4 is 10.2 Å². The average Bonchev–Trinajstić information content (AvgIpc) is 2.82. The first kappa shape index (κ1) is 16.0. The van der Waals surface area contributed by atoms with E-state index < -0.39 is 5.91 Å². The number of aromatic nitrogens is 2. The first-order chi connectivity index (χ1) is 10.5. The standard InChI is InChI=1S/C14H15BrN4O3/c1-3-22-11-6-4-5-9(13(11)20)7-16-18-14(21)12-10(15)8-17-19(12)2/h4-8,20H,3H2,1-2H3,(H,18,21). The lowest BCUT2D eigenvalue weighted by Gasteiger charge is -2.07. The zero-order valence-electron chi connectivity index (χ0n) is 12.1. The van der Waals surface area contributed by atoms with E-state index in [4.69, 9.17) is 4.74 Å². The summed E-state index contributed by atoms with van der Waals surface area (Å²) in [5.41, 5.74) is 3.17. The molecule has 0 radical (unpaired) electrons. The zero-order valence-corrected chi connectivity index (χ0v) is 13.7. The van der Waals surface area contributed by atoms with E-state index in [0.29, 0.717) is 28.1 Å². The van der Waals surface area contributed by atoms with Gasteiger partial charge in [-0.25, -0.2) is 5.43 Å². The number of phenols is 1. The quantitative estimate of drug-likeness (QED) is 0.625. The highest BCUT2D eigenvalue weighted by Gasteiger charge is 2.14. The van der Waals surface area contributed by atoms with Crippen molar-refractivity contribution in [3.05, 3.63) is 40.1 Å². The number of hydrazone groups is 1. The highest BCUT2D eigenvalue weighted by molar-refractivity contribution is 9.10. The summed E-state index contributed by atoms with van der Waals surface area (Å²) in [5, 5.41) is 17.8. The van der Waals surface area contributed by atoms with Gasteiger partial charge in [0.1, 0.15) is 5.69 Å². The number of carbonyl (C=O) groups excluding carboxylic acids is 1. The van der Waals surface area contributed by atoms with Gasteiger partial charge in [-0.15, -0.1) is 0 Å². The summed E-state index contributed by atoms with van der Waals surface area (Å²) in [4.78, 5) is 12.0. The summed E-state index contributed by atoms with van der Waals surface area (Å²) >= 11 is 3.24. The number of para-hydroxylation sites is 1. The molecule has 22 heavy (non-hydrogen) atoms. The number of halogens is 1. The Kier molecular flexibility index (Phi) is 5.16. The van der Waals surface area contributed by atoms with Crippen LogP contribution in [0, 0.1) is 0 Å². The van der Waals surface area contributed by atoms with Crippen LogP contribution in [0.15, 0.2) is 34.0 Å². The van der Waals surface area contributed by atoms with Crippen molar-refractivity contribution in [3.63, 3.8) is 0 Å². The van der Waals surface area contributed by atoms with Crippen molar-refractivity contribution in [1.29, 1.82) is 0 Å². The molecule has 116 valence electrons. The van der Waals surface area contributed by atoms with Crippen LogP contribution in [-0.2, 0) is 7.05 Å². The summed E-state index contributed by atoms with van der Waals surface area (Å²) in [6.45, 7) is 2.27. The Hall–Kier alpha value is -2.35. The summed E-state index contributed by atoms with van der Waals surface area (Å²) < 4.78 is 7.28. The Bertz CT molecular complexity index is 693. The molecule has 2 rings (SSSR count). The number of ether oxygens (including phenoxy) is 1. The predicted octanol–water partition coefficient (Wildman–Crippen LogP) is 2.05. The van der Waals surface area contributed by atoms with Crippen LogP contribution in [0.25, 0.3) is 0 Å². The molecule has 1 heterocycles.